The zero-order valence-corrected chi connectivity index (χ0v) is 19.7. The molecule has 1 aliphatic heterocycles. The van der Waals surface area contributed by atoms with E-state index in [0.29, 0.717) is 0 Å². The van der Waals surface area contributed by atoms with Crippen LogP contribution < -0.4 is 16.2 Å². The van der Waals surface area contributed by atoms with Gasteiger partial charge in [0, 0.05) is 24.5 Å². The van der Waals surface area contributed by atoms with Gasteiger partial charge in [-0.25, -0.2) is 19.3 Å². The molecule has 3 amide bonds. The number of aromatic nitrogens is 6. The zero-order chi connectivity index (χ0) is 26.3. The molecule has 13 nitrogen and oxygen atoms in total. The minimum Gasteiger partial charge on any atom is -0.330 e. The molecule has 14 heteroatoms. The SMILES string of the molecule is CC(C)N1Cc2c(n(CC(=O)Nc3ccc(F)cn3)c3cc(C(=O)Nc4ncccn4)nn3c2=O)C1=O. The van der Waals surface area contributed by atoms with Gasteiger partial charge in [-0.3, -0.25) is 24.5 Å². The summed E-state index contributed by atoms with van der Waals surface area (Å²) in [6, 6.07) is 5.11. The Morgan fingerprint density at radius 2 is 1.86 bits per heavy atom. The van der Waals surface area contributed by atoms with E-state index in [9.17, 15) is 23.6 Å². The third kappa shape index (κ3) is 4.39. The normalized spacial score (nSPS) is 12.8. The van der Waals surface area contributed by atoms with Crippen molar-refractivity contribution in [3.05, 3.63) is 76.0 Å². The van der Waals surface area contributed by atoms with Crippen molar-refractivity contribution < 1.29 is 18.8 Å². The first-order valence-electron chi connectivity index (χ1n) is 11.2. The van der Waals surface area contributed by atoms with Crippen molar-refractivity contribution in [1.29, 1.82) is 0 Å². The lowest BCUT2D eigenvalue weighted by Crippen LogP contribution is -2.32. The van der Waals surface area contributed by atoms with Gasteiger partial charge < -0.3 is 14.8 Å². The Morgan fingerprint density at radius 3 is 2.54 bits per heavy atom. The van der Waals surface area contributed by atoms with Crippen LogP contribution in [0, 0.1) is 5.82 Å². The maximum absolute atomic E-state index is 13.3. The highest BCUT2D eigenvalue weighted by Gasteiger charge is 2.36. The number of hydrogen-bond donors (Lipinski definition) is 2. The van der Waals surface area contributed by atoms with Gasteiger partial charge in [-0.1, -0.05) is 0 Å². The van der Waals surface area contributed by atoms with E-state index in [4.69, 9.17) is 0 Å². The molecule has 2 N–H and O–H groups in total. The summed E-state index contributed by atoms with van der Waals surface area (Å²) in [5, 5.41) is 9.16. The fourth-order valence-corrected chi connectivity index (χ4v) is 3.98. The van der Waals surface area contributed by atoms with E-state index in [2.05, 4.69) is 30.7 Å². The summed E-state index contributed by atoms with van der Waals surface area (Å²) in [6.45, 7) is 3.24. The highest BCUT2D eigenvalue weighted by atomic mass is 19.1. The molecular weight excluding hydrogens is 485 g/mol. The first kappa shape index (κ1) is 23.7. The van der Waals surface area contributed by atoms with Crippen molar-refractivity contribution in [3.8, 4) is 0 Å². The van der Waals surface area contributed by atoms with Gasteiger partial charge in [0.15, 0.2) is 5.69 Å². The number of nitrogens with one attached hydrogen (secondary N) is 2. The number of carbonyl (C=O) groups excluding carboxylic acids is 3. The van der Waals surface area contributed by atoms with E-state index >= 15 is 0 Å². The first-order valence-corrected chi connectivity index (χ1v) is 11.2. The molecule has 0 radical (unpaired) electrons. The Labute approximate surface area is 208 Å². The van der Waals surface area contributed by atoms with Gasteiger partial charge in [-0.05, 0) is 32.0 Å². The molecule has 37 heavy (non-hydrogen) atoms. The van der Waals surface area contributed by atoms with Gasteiger partial charge in [0.1, 0.15) is 29.5 Å². The summed E-state index contributed by atoms with van der Waals surface area (Å²) < 4.78 is 15.5. The highest BCUT2D eigenvalue weighted by molar-refractivity contribution is 6.03. The molecule has 0 fully saturated rings. The Kier molecular flexibility index (Phi) is 5.91. The van der Waals surface area contributed by atoms with Crippen molar-refractivity contribution >= 4 is 35.1 Å². The Morgan fingerprint density at radius 1 is 1.11 bits per heavy atom. The number of pyridine rings is 1. The lowest BCUT2D eigenvalue weighted by molar-refractivity contribution is -0.116. The van der Waals surface area contributed by atoms with Crippen LogP contribution in [0.3, 0.4) is 0 Å². The molecule has 0 unspecified atom stereocenters. The van der Waals surface area contributed by atoms with Crippen LogP contribution in [0.15, 0.2) is 47.7 Å². The molecular formula is C23H20FN9O4. The predicted molar refractivity (Wildman–Crippen MR) is 127 cm³/mol. The molecule has 4 aromatic heterocycles. The summed E-state index contributed by atoms with van der Waals surface area (Å²) in [5.74, 6) is -2.13. The van der Waals surface area contributed by atoms with E-state index in [1.165, 1.54) is 34.0 Å². The molecule has 5 heterocycles. The molecule has 0 atom stereocenters. The van der Waals surface area contributed by atoms with Crippen LogP contribution in [0.1, 0.15) is 40.4 Å². The average molecular weight is 505 g/mol. The molecule has 0 saturated carbocycles. The lowest BCUT2D eigenvalue weighted by Gasteiger charge is -2.20. The number of amides is 3. The second-order valence-electron chi connectivity index (χ2n) is 8.48. The predicted octanol–water partition coefficient (Wildman–Crippen LogP) is 1.08. The average Bonchev–Trinajstić information content (AvgIpc) is 3.47. The van der Waals surface area contributed by atoms with Gasteiger partial charge in [-0.15, -0.1) is 0 Å². The molecule has 1 aliphatic rings. The van der Waals surface area contributed by atoms with Crippen molar-refractivity contribution in [2.24, 2.45) is 0 Å². The summed E-state index contributed by atoms with van der Waals surface area (Å²) in [7, 11) is 0. The smallest absolute Gasteiger partial charge is 0.280 e. The molecule has 188 valence electrons. The molecule has 0 spiro atoms. The first-order chi connectivity index (χ1) is 17.7. The van der Waals surface area contributed by atoms with Crippen molar-refractivity contribution in [1.82, 2.24) is 34.0 Å². The molecule has 4 aromatic rings. The van der Waals surface area contributed by atoms with Gasteiger partial charge in [0.25, 0.3) is 17.4 Å². The van der Waals surface area contributed by atoms with E-state index in [-0.39, 0.29) is 47.0 Å². The van der Waals surface area contributed by atoms with Crippen LogP contribution >= 0.6 is 0 Å². The largest absolute Gasteiger partial charge is 0.330 e. The molecule has 0 saturated heterocycles. The Balaban J connectivity index is 1.57. The molecule has 0 bridgehead atoms. The Hall–Kier alpha value is -5.01. The van der Waals surface area contributed by atoms with Crippen molar-refractivity contribution in [2.75, 3.05) is 10.6 Å². The third-order valence-electron chi connectivity index (χ3n) is 5.71. The summed E-state index contributed by atoms with van der Waals surface area (Å²) in [4.78, 5) is 65.4. The molecule has 5 rings (SSSR count). The second kappa shape index (κ2) is 9.22. The lowest BCUT2D eigenvalue weighted by atomic mass is 10.2. The number of anilines is 2. The van der Waals surface area contributed by atoms with Gasteiger partial charge >= 0.3 is 0 Å². The van der Waals surface area contributed by atoms with Crippen LogP contribution in [0.2, 0.25) is 0 Å². The monoisotopic (exact) mass is 505 g/mol. The second-order valence-corrected chi connectivity index (χ2v) is 8.48. The standard InChI is InChI=1S/C23H20FN9O4/c1-12(2)31-10-14-19(22(31)37)32(11-17(34)28-16-5-4-13(24)9-27-16)18-8-15(30-33(18)21(14)36)20(35)29-23-25-6-3-7-26-23/h3-9,12H,10-11H2,1-2H3,(H,27,28,34)(H,25,26,29,35). The third-order valence-corrected chi connectivity index (χ3v) is 5.71. The fourth-order valence-electron chi connectivity index (χ4n) is 3.98. The summed E-state index contributed by atoms with van der Waals surface area (Å²) in [5.41, 5.74) is -0.472. The number of rotatable bonds is 6. The maximum Gasteiger partial charge on any atom is 0.280 e. The molecule has 0 aromatic carbocycles. The highest BCUT2D eigenvalue weighted by Crippen LogP contribution is 2.24. The van der Waals surface area contributed by atoms with Crippen LogP contribution in [0.5, 0.6) is 0 Å². The van der Waals surface area contributed by atoms with E-state index in [1.807, 2.05) is 13.8 Å². The summed E-state index contributed by atoms with van der Waals surface area (Å²) >= 11 is 0. The number of carbonyl (C=O) groups is 3. The fraction of sp³-hybridized carbons (Fsp3) is 0.217. The van der Waals surface area contributed by atoms with E-state index < -0.39 is 35.6 Å². The molecule has 0 aliphatic carbocycles. The quantitative estimate of drug-likeness (QED) is 0.394. The Bertz CT molecular complexity index is 1600. The van der Waals surface area contributed by atoms with E-state index in [0.717, 1.165) is 16.8 Å². The van der Waals surface area contributed by atoms with Crippen LogP contribution in [0.4, 0.5) is 16.2 Å². The number of halogens is 1. The van der Waals surface area contributed by atoms with Crippen molar-refractivity contribution in [2.45, 2.75) is 33.0 Å². The summed E-state index contributed by atoms with van der Waals surface area (Å²) in [6.07, 6.45) is 3.84. The van der Waals surface area contributed by atoms with Crippen LogP contribution in [-0.2, 0) is 17.9 Å². The number of hydrogen-bond acceptors (Lipinski definition) is 8. The topological polar surface area (TPSA) is 156 Å². The van der Waals surface area contributed by atoms with Gasteiger partial charge in [0.05, 0.1) is 18.3 Å². The van der Waals surface area contributed by atoms with Crippen LogP contribution in [0.25, 0.3) is 5.65 Å². The number of fused-ring (bicyclic) bond motifs is 2. The zero-order valence-electron chi connectivity index (χ0n) is 19.7. The van der Waals surface area contributed by atoms with Crippen LogP contribution in [-0.4, -0.2) is 57.8 Å². The van der Waals surface area contributed by atoms with Gasteiger partial charge in [0.2, 0.25) is 11.9 Å². The van der Waals surface area contributed by atoms with E-state index in [1.54, 1.807) is 6.07 Å². The maximum atomic E-state index is 13.3. The minimum absolute atomic E-state index is 0.0288. The van der Waals surface area contributed by atoms with Crippen molar-refractivity contribution in [3.63, 3.8) is 0 Å². The minimum atomic E-state index is -0.684. The van der Waals surface area contributed by atoms with Gasteiger partial charge in [-0.2, -0.15) is 9.61 Å². The number of nitrogens with zero attached hydrogens (tertiary/aromatic N) is 7.